The summed E-state index contributed by atoms with van der Waals surface area (Å²) < 4.78 is 5.14. The van der Waals surface area contributed by atoms with E-state index in [9.17, 15) is 0 Å². The third-order valence-corrected chi connectivity index (χ3v) is 3.22. The van der Waals surface area contributed by atoms with Gasteiger partial charge in [-0.05, 0) is 35.9 Å². The van der Waals surface area contributed by atoms with Crippen LogP contribution in [0, 0.1) is 22.7 Å². The van der Waals surface area contributed by atoms with Gasteiger partial charge in [0.1, 0.15) is 11.8 Å². The van der Waals surface area contributed by atoms with E-state index in [1.165, 1.54) is 0 Å². The van der Waals surface area contributed by atoms with E-state index in [4.69, 9.17) is 15.3 Å². The van der Waals surface area contributed by atoms with Gasteiger partial charge >= 0.3 is 0 Å². The SMILES string of the molecule is COc1ccc(CN(C)c2cccc(C#N)c2)cc1C#N. The van der Waals surface area contributed by atoms with Crippen molar-refractivity contribution in [1.82, 2.24) is 0 Å². The molecule has 0 aromatic heterocycles. The van der Waals surface area contributed by atoms with Crippen LogP contribution >= 0.6 is 0 Å². The Labute approximate surface area is 124 Å². The Bertz CT molecular complexity index is 726. The predicted molar refractivity (Wildman–Crippen MR) is 81.0 cm³/mol. The minimum Gasteiger partial charge on any atom is -0.495 e. The number of nitriles is 2. The van der Waals surface area contributed by atoms with E-state index in [1.807, 2.05) is 42.3 Å². The summed E-state index contributed by atoms with van der Waals surface area (Å²) in [5, 5.41) is 18.1. The molecule has 0 aliphatic rings. The molecular formula is C17H15N3O. The fourth-order valence-electron chi connectivity index (χ4n) is 2.12. The Morgan fingerprint density at radius 2 is 1.90 bits per heavy atom. The molecule has 0 aliphatic heterocycles. The molecule has 0 saturated carbocycles. The van der Waals surface area contributed by atoms with Crippen LogP contribution in [0.3, 0.4) is 0 Å². The Hall–Kier alpha value is -2.98. The quantitative estimate of drug-likeness (QED) is 0.861. The number of hydrogen-bond donors (Lipinski definition) is 0. The lowest BCUT2D eigenvalue weighted by atomic mass is 10.1. The first-order valence-electron chi connectivity index (χ1n) is 6.46. The van der Waals surface area contributed by atoms with Gasteiger partial charge in [0.2, 0.25) is 0 Å². The summed E-state index contributed by atoms with van der Waals surface area (Å²) in [6.45, 7) is 0.646. The van der Waals surface area contributed by atoms with Crippen molar-refractivity contribution >= 4 is 5.69 Å². The van der Waals surface area contributed by atoms with Gasteiger partial charge in [0.05, 0.1) is 24.3 Å². The molecule has 2 aromatic carbocycles. The lowest BCUT2D eigenvalue weighted by Gasteiger charge is -2.20. The highest BCUT2D eigenvalue weighted by Gasteiger charge is 2.07. The number of hydrogen-bond acceptors (Lipinski definition) is 4. The first kappa shape index (κ1) is 14.4. The monoisotopic (exact) mass is 277 g/mol. The molecule has 4 heteroatoms. The number of rotatable bonds is 4. The van der Waals surface area contributed by atoms with Crippen molar-refractivity contribution in [3.8, 4) is 17.9 Å². The minimum atomic E-state index is 0.522. The number of ether oxygens (including phenoxy) is 1. The van der Waals surface area contributed by atoms with Gasteiger partial charge in [0.15, 0.2) is 0 Å². The zero-order valence-corrected chi connectivity index (χ0v) is 12.0. The molecule has 0 fully saturated rings. The van der Waals surface area contributed by atoms with Crippen molar-refractivity contribution in [2.75, 3.05) is 19.1 Å². The lowest BCUT2D eigenvalue weighted by Crippen LogP contribution is -2.16. The van der Waals surface area contributed by atoms with Crippen molar-refractivity contribution in [2.24, 2.45) is 0 Å². The van der Waals surface area contributed by atoms with E-state index in [2.05, 4.69) is 12.1 Å². The van der Waals surface area contributed by atoms with Crippen LogP contribution in [-0.4, -0.2) is 14.2 Å². The van der Waals surface area contributed by atoms with Gasteiger partial charge < -0.3 is 9.64 Å². The molecule has 0 heterocycles. The van der Waals surface area contributed by atoms with Gasteiger partial charge in [-0.3, -0.25) is 0 Å². The Morgan fingerprint density at radius 3 is 2.57 bits per heavy atom. The molecule has 0 amide bonds. The molecule has 0 aliphatic carbocycles. The molecule has 0 bridgehead atoms. The summed E-state index contributed by atoms with van der Waals surface area (Å²) in [7, 11) is 3.50. The maximum Gasteiger partial charge on any atom is 0.136 e. The fraction of sp³-hybridized carbons (Fsp3) is 0.176. The van der Waals surface area contributed by atoms with Gasteiger partial charge in [-0.2, -0.15) is 10.5 Å². The largest absolute Gasteiger partial charge is 0.495 e. The number of methoxy groups -OCH3 is 1. The smallest absolute Gasteiger partial charge is 0.136 e. The third kappa shape index (κ3) is 3.32. The van der Waals surface area contributed by atoms with Crippen molar-refractivity contribution < 1.29 is 4.74 Å². The Kier molecular flexibility index (Phi) is 4.43. The zero-order valence-electron chi connectivity index (χ0n) is 12.0. The maximum atomic E-state index is 9.11. The molecule has 0 spiro atoms. The third-order valence-electron chi connectivity index (χ3n) is 3.22. The van der Waals surface area contributed by atoms with E-state index in [0.29, 0.717) is 23.4 Å². The van der Waals surface area contributed by atoms with E-state index in [0.717, 1.165) is 11.3 Å². The van der Waals surface area contributed by atoms with Crippen LogP contribution in [0.1, 0.15) is 16.7 Å². The second kappa shape index (κ2) is 6.45. The van der Waals surface area contributed by atoms with Gasteiger partial charge in [0, 0.05) is 19.3 Å². The van der Waals surface area contributed by atoms with Crippen LogP contribution in [0.4, 0.5) is 5.69 Å². The standard InChI is InChI=1S/C17H15N3O/c1-20(16-5-3-4-13(9-16)10-18)12-14-6-7-17(21-2)15(8-14)11-19/h3-9H,12H2,1-2H3. The zero-order chi connectivity index (χ0) is 15.2. The van der Waals surface area contributed by atoms with Crippen LogP contribution in [0.25, 0.3) is 0 Å². The summed E-state index contributed by atoms with van der Waals surface area (Å²) in [6, 6.07) is 17.3. The van der Waals surface area contributed by atoms with Crippen molar-refractivity contribution in [2.45, 2.75) is 6.54 Å². The average Bonchev–Trinajstić information content (AvgIpc) is 2.54. The van der Waals surface area contributed by atoms with Crippen molar-refractivity contribution in [3.63, 3.8) is 0 Å². The highest BCUT2D eigenvalue weighted by molar-refractivity contribution is 5.52. The Balaban J connectivity index is 2.21. The molecule has 0 atom stereocenters. The van der Waals surface area contributed by atoms with Crippen molar-refractivity contribution in [1.29, 1.82) is 10.5 Å². The fourth-order valence-corrected chi connectivity index (χ4v) is 2.12. The molecule has 104 valence electrons. The highest BCUT2D eigenvalue weighted by Crippen LogP contribution is 2.21. The summed E-state index contributed by atoms with van der Waals surface area (Å²) in [5.41, 5.74) is 3.13. The molecule has 0 unspecified atom stereocenters. The summed E-state index contributed by atoms with van der Waals surface area (Å²) >= 11 is 0. The van der Waals surface area contributed by atoms with Gasteiger partial charge in [-0.25, -0.2) is 0 Å². The minimum absolute atomic E-state index is 0.522. The molecule has 0 radical (unpaired) electrons. The first-order valence-corrected chi connectivity index (χ1v) is 6.46. The normalized spacial score (nSPS) is 9.52. The van der Waals surface area contributed by atoms with Crippen molar-refractivity contribution in [3.05, 3.63) is 59.2 Å². The summed E-state index contributed by atoms with van der Waals surface area (Å²) in [5.74, 6) is 0.579. The maximum absolute atomic E-state index is 9.11. The molecule has 21 heavy (non-hydrogen) atoms. The molecular weight excluding hydrogens is 262 g/mol. The summed E-state index contributed by atoms with van der Waals surface area (Å²) in [6.07, 6.45) is 0. The predicted octanol–water partition coefficient (Wildman–Crippen LogP) is 3.07. The molecule has 0 saturated heterocycles. The van der Waals surface area contributed by atoms with Gasteiger partial charge in [-0.15, -0.1) is 0 Å². The second-order valence-electron chi connectivity index (χ2n) is 4.66. The molecule has 4 nitrogen and oxygen atoms in total. The first-order chi connectivity index (χ1) is 10.2. The molecule has 0 N–H and O–H groups in total. The van der Waals surface area contributed by atoms with E-state index < -0.39 is 0 Å². The van der Waals surface area contributed by atoms with E-state index >= 15 is 0 Å². The Morgan fingerprint density at radius 1 is 1.10 bits per heavy atom. The van der Waals surface area contributed by atoms with Crippen LogP contribution in [0.2, 0.25) is 0 Å². The van der Waals surface area contributed by atoms with E-state index in [1.54, 1.807) is 19.2 Å². The topological polar surface area (TPSA) is 60.0 Å². The van der Waals surface area contributed by atoms with Crippen LogP contribution < -0.4 is 9.64 Å². The second-order valence-corrected chi connectivity index (χ2v) is 4.66. The highest BCUT2D eigenvalue weighted by atomic mass is 16.5. The number of anilines is 1. The van der Waals surface area contributed by atoms with Crippen LogP contribution in [-0.2, 0) is 6.54 Å². The number of benzene rings is 2. The van der Waals surface area contributed by atoms with Crippen LogP contribution in [0.5, 0.6) is 5.75 Å². The van der Waals surface area contributed by atoms with Gasteiger partial charge in [-0.1, -0.05) is 12.1 Å². The lowest BCUT2D eigenvalue weighted by molar-refractivity contribution is 0.413. The van der Waals surface area contributed by atoms with Crippen LogP contribution in [0.15, 0.2) is 42.5 Å². The van der Waals surface area contributed by atoms with E-state index in [-0.39, 0.29) is 0 Å². The molecule has 2 aromatic rings. The summed E-state index contributed by atoms with van der Waals surface area (Å²) in [4.78, 5) is 2.03. The average molecular weight is 277 g/mol. The van der Waals surface area contributed by atoms with Gasteiger partial charge in [0.25, 0.3) is 0 Å². The number of nitrogens with zero attached hydrogens (tertiary/aromatic N) is 3. The molecule has 2 rings (SSSR count).